The highest BCUT2D eigenvalue weighted by atomic mass is 32.1. The van der Waals surface area contributed by atoms with E-state index in [0.717, 1.165) is 11.3 Å². The minimum Gasteiger partial charge on any atom is -0.477 e. The van der Waals surface area contributed by atoms with E-state index in [0.29, 0.717) is 4.88 Å². The van der Waals surface area contributed by atoms with Crippen LogP contribution in [0.25, 0.3) is 10.6 Å². The summed E-state index contributed by atoms with van der Waals surface area (Å²) in [6.07, 6.45) is -1.41. The number of halogens is 2. The molecule has 5 nitrogen and oxygen atoms in total. The zero-order valence-electron chi connectivity index (χ0n) is 8.57. The summed E-state index contributed by atoms with van der Waals surface area (Å²) in [6.45, 7) is 1.52. The molecule has 0 aromatic carbocycles. The van der Waals surface area contributed by atoms with Crippen LogP contribution in [0, 0.1) is 6.92 Å². The van der Waals surface area contributed by atoms with Crippen LogP contribution in [0.1, 0.15) is 27.5 Å². The van der Waals surface area contributed by atoms with Crippen molar-refractivity contribution in [3.05, 3.63) is 22.5 Å². The van der Waals surface area contributed by atoms with Crippen LogP contribution in [0.4, 0.5) is 8.78 Å². The zero-order valence-corrected chi connectivity index (χ0v) is 9.39. The van der Waals surface area contributed by atoms with Crippen molar-refractivity contribution in [1.29, 1.82) is 0 Å². The van der Waals surface area contributed by atoms with Crippen molar-refractivity contribution in [2.45, 2.75) is 13.3 Å². The number of thiazole rings is 1. The summed E-state index contributed by atoms with van der Waals surface area (Å²) in [7, 11) is 0. The summed E-state index contributed by atoms with van der Waals surface area (Å²) < 4.78 is 25.1. The maximum absolute atomic E-state index is 12.5. The smallest absolute Gasteiger partial charge is 0.354 e. The van der Waals surface area contributed by atoms with E-state index in [9.17, 15) is 13.6 Å². The number of rotatable bonds is 3. The van der Waals surface area contributed by atoms with Crippen LogP contribution >= 0.6 is 11.3 Å². The molecule has 2 aromatic rings. The van der Waals surface area contributed by atoms with E-state index in [1.807, 2.05) is 0 Å². The molecule has 90 valence electrons. The molecule has 0 aliphatic carbocycles. The Morgan fingerprint density at radius 3 is 2.82 bits per heavy atom. The molecule has 0 unspecified atom stereocenters. The largest absolute Gasteiger partial charge is 0.477 e. The Labute approximate surface area is 98.1 Å². The maximum Gasteiger partial charge on any atom is 0.354 e. The Hall–Kier alpha value is -1.83. The van der Waals surface area contributed by atoms with Crippen LogP contribution in [0.5, 0.6) is 0 Å². The summed E-state index contributed by atoms with van der Waals surface area (Å²) in [5.41, 5.74) is -0.250. The third-order valence-corrected chi connectivity index (χ3v) is 3.14. The Kier molecular flexibility index (Phi) is 2.88. The summed E-state index contributed by atoms with van der Waals surface area (Å²) >= 11 is 1.02. The fourth-order valence-electron chi connectivity index (χ4n) is 1.34. The first-order valence-electron chi connectivity index (χ1n) is 4.53. The maximum atomic E-state index is 12.5. The molecule has 2 aromatic heterocycles. The Balaban J connectivity index is 2.50. The Morgan fingerprint density at radius 1 is 1.59 bits per heavy atom. The molecule has 0 fully saturated rings. The van der Waals surface area contributed by atoms with E-state index < -0.39 is 12.4 Å². The van der Waals surface area contributed by atoms with Gasteiger partial charge in [0.2, 0.25) is 0 Å². The van der Waals surface area contributed by atoms with Crippen molar-refractivity contribution in [1.82, 2.24) is 15.2 Å². The van der Waals surface area contributed by atoms with Gasteiger partial charge in [-0.25, -0.2) is 18.6 Å². The van der Waals surface area contributed by atoms with Gasteiger partial charge >= 0.3 is 5.97 Å². The van der Waals surface area contributed by atoms with Gasteiger partial charge in [0, 0.05) is 4.88 Å². The van der Waals surface area contributed by atoms with Crippen LogP contribution in [-0.2, 0) is 0 Å². The fraction of sp³-hybridized carbons (Fsp3) is 0.222. The molecule has 17 heavy (non-hydrogen) atoms. The summed E-state index contributed by atoms with van der Waals surface area (Å²) in [5.74, 6) is -1.20. The number of aromatic carboxylic acids is 1. The zero-order chi connectivity index (χ0) is 12.6. The third kappa shape index (κ3) is 2.03. The molecular formula is C9H7F2N3O2S. The van der Waals surface area contributed by atoms with E-state index in [1.165, 1.54) is 13.1 Å². The van der Waals surface area contributed by atoms with Gasteiger partial charge in [0.1, 0.15) is 10.7 Å². The second-order valence-corrected chi connectivity index (χ2v) is 4.43. The lowest BCUT2D eigenvalue weighted by Crippen LogP contribution is -1.98. The molecule has 2 N–H and O–H groups in total. The predicted molar refractivity (Wildman–Crippen MR) is 56.3 cm³/mol. The molecule has 2 heterocycles. The lowest BCUT2D eigenvalue weighted by Gasteiger charge is -1.94. The van der Waals surface area contributed by atoms with E-state index in [1.54, 1.807) is 0 Å². The number of alkyl halides is 2. The van der Waals surface area contributed by atoms with Crippen LogP contribution in [0.15, 0.2) is 6.20 Å². The second-order valence-electron chi connectivity index (χ2n) is 3.22. The van der Waals surface area contributed by atoms with Gasteiger partial charge in [0.15, 0.2) is 5.69 Å². The highest BCUT2D eigenvalue weighted by Crippen LogP contribution is 2.33. The molecule has 0 radical (unpaired) electrons. The van der Waals surface area contributed by atoms with E-state index in [-0.39, 0.29) is 22.0 Å². The summed E-state index contributed by atoms with van der Waals surface area (Å²) in [6, 6.07) is 0. The van der Waals surface area contributed by atoms with Gasteiger partial charge in [-0.15, -0.1) is 11.3 Å². The number of carbonyl (C=O) groups is 1. The van der Waals surface area contributed by atoms with Crippen LogP contribution in [-0.4, -0.2) is 26.3 Å². The van der Waals surface area contributed by atoms with Crippen molar-refractivity contribution in [2.24, 2.45) is 0 Å². The molecule has 8 heteroatoms. The molecule has 0 spiro atoms. The number of hydrogen-bond acceptors (Lipinski definition) is 4. The second kappa shape index (κ2) is 4.21. The van der Waals surface area contributed by atoms with Crippen LogP contribution in [0.3, 0.4) is 0 Å². The number of aromatic amines is 1. The molecular weight excluding hydrogens is 252 g/mol. The van der Waals surface area contributed by atoms with Crippen LogP contribution < -0.4 is 0 Å². The topological polar surface area (TPSA) is 78.9 Å². The van der Waals surface area contributed by atoms with Gasteiger partial charge in [-0.05, 0) is 6.92 Å². The molecule has 0 amide bonds. The standard InChI is InChI=1S/C9H7F2N3O2S/c1-3-5(7(10)11)13-8(17-3)4-2-12-14-6(4)9(15)16/h2,7H,1H3,(H,12,14)(H,15,16). The molecule has 0 bridgehead atoms. The van der Waals surface area contributed by atoms with Crippen molar-refractivity contribution in [3.8, 4) is 10.6 Å². The first kappa shape index (κ1) is 11.6. The fourth-order valence-corrected chi connectivity index (χ4v) is 2.28. The number of aryl methyl sites for hydroxylation is 1. The van der Waals surface area contributed by atoms with Crippen molar-refractivity contribution in [2.75, 3.05) is 0 Å². The first-order valence-corrected chi connectivity index (χ1v) is 5.35. The average molecular weight is 259 g/mol. The molecule has 2 rings (SSSR count). The molecule has 0 saturated heterocycles. The van der Waals surface area contributed by atoms with Gasteiger partial charge in [-0.2, -0.15) is 5.10 Å². The monoisotopic (exact) mass is 259 g/mol. The Morgan fingerprint density at radius 2 is 2.29 bits per heavy atom. The van der Waals surface area contributed by atoms with E-state index in [2.05, 4.69) is 15.2 Å². The SMILES string of the molecule is Cc1sc(-c2cn[nH]c2C(=O)O)nc1C(F)F. The lowest BCUT2D eigenvalue weighted by molar-refractivity contribution is 0.0691. The number of H-pyrrole nitrogens is 1. The molecule has 0 atom stereocenters. The summed E-state index contributed by atoms with van der Waals surface area (Å²) in [4.78, 5) is 14.9. The van der Waals surface area contributed by atoms with Crippen molar-refractivity contribution >= 4 is 17.3 Å². The van der Waals surface area contributed by atoms with E-state index >= 15 is 0 Å². The average Bonchev–Trinajstić information content (AvgIpc) is 2.82. The number of carboxylic acids is 1. The molecule has 0 saturated carbocycles. The highest BCUT2D eigenvalue weighted by molar-refractivity contribution is 7.15. The third-order valence-electron chi connectivity index (χ3n) is 2.12. The Bertz CT molecular complexity index is 564. The van der Waals surface area contributed by atoms with Gasteiger partial charge in [0.05, 0.1) is 11.8 Å². The molecule has 0 aliphatic rings. The number of carboxylic acid groups (broad SMARTS) is 1. The molecule has 0 aliphatic heterocycles. The number of hydrogen-bond donors (Lipinski definition) is 2. The van der Waals surface area contributed by atoms with Crippen molar-refractivity contribution < 1.29 is 18.7 Å². The summed E-state index contributed by atoms with van der Waals surface area (Å²) in [5, 5.41) is 15.0. The predicted octanol–water partition coefficient (Wildman–Crippen LogP) is 2.48. The quantitative estimate of drug-likeness (QED) is 0.887. The first-order chi connectivity index (χ1) is 8.00. The highest BCUT2D eigenvalue weighted by Gasteiger charge is 2.21. The number of aromatic nitrogens is 3. The van der Waals surface area contributed by atoms with Gasteiger partial charge < -0.3 is 5.11 Å². The van der Waals surface area contributed by atoms with Crippen molar-refractivity contribution in [3.63, 3.8) is 0 Å². The van der Waals surface area contributed by atoms with Gasteiger partial charge in [-0.1, -0.05) is 0 Å². The minimum absolute atomic E-state index is 0.153. The van der Waals surface area contributed by atoms with E-state index in [4.69, 9.17) is 5.11 Å². The lowest BCUT2D eigenvalue weighted by atomic mass is 10.2. The normalized spacial score (nSPS) is 11.1. The van der Waals surface area contributed by atoms with Gasteiger partial charge in [0.25, 0.3) is 6.43 Å². The van der Waals surface area contributed by atoms with Crippen LogP contribution in [0.2, 0.25) is 0 Å². The van der Waals surface area contributed by atoms with Gasteiger partial charge in [-0.3, -0.25) is 5.10 Å². The minimum atomic E-state index is -2.67. The number of nitrogens with zero attached hydrogens (tertiary/aromatic N) is 2. The number of nitrogens with one attached hydrogen (secondary N) is 1.